The Labute approximate surface area is 152 Å². The van der Waals surface area contributed by atoms with Crippen LogP contribution in [0.1, 0.15) is 18.4 Å². The molecule has 0 unspecified atom stereocenters. The van der Waals surface area contributed by atoms with Gasteiger partial charge in [-0.1, -0.05) is 23.2 Å². The molecule has 1 aromatic carbocycles. The largest absolute Gasteiger partial charge is 0.341 e. The van der Waals surface area contributed by atoms with E-state index in [9.17, 15) is 0 Å². The number of nitrogens with one attached hydrogen (secondary N) is 1. The zero-order valence-electron chi connectivity index (χ0n) is 12.6. The Morgan fingerprint density at radius 3 is 2.26 bits per heavy atom. The number of nitrogens with zero attached hydrogens (tertiary/aromatic N) is 3. The first-order chi connectivity index (χ1) is 10.7. The second kappa shape index (κ2) is 8.69. The first kappa shape index (κ1) is 18.3. The van der Waals surface area contributed by atoms with E-state index >= 15 is 0 Å². The van der Waals surface area contributed by atoms with Crippen LogP contribution in [0.25, 0.3) is 0 Å². The number of rotatable bonds is 4. The Morgan fingerprint density at radius 1 is 1.04 bits per heavy atom. The fraction of sp³-hybridized carbons (Fsp3) is 0.375. The molecule has 0 aliphatic carbocycles. The molecule has 124 valence electrons. The van der Waals surface area contributed by atoms with Gasteiger partial charge in [0.2, 0.25) is 5.95 Å². The first-order valence-electron chi connectivity index (χ1n) is 7.41. The lowest BCUT2D eigenvalue weighted by molar-refractivity contribution is 0.411. The van der Waals surface area contributed by atoms with Crippen LogP contribution in [-0.4, -0.2) is 29.1 Å². The average molecular weight is 374 g/mol. The van der Waals surface area contributed by atoms with Crippen molar-refractivity contribution in [1.29, 1.82) is 0 Å². The number of aromatic nitrogens is 2. The van der Waals surface area contributed by atoms with Crippen LogP contribution in [0, 0.1) is 0 Å². The Hall–Kier alpha value is -1.07. The highest BCUT2D eigenvalue weighted by molar-refractivity contribution is 6.34. The molecule has 1 fully saturated rings. The quantitative estimate of drug-likeness (QED) is 0.880. The molecule has 1 aliphatic heterocycles. The number of benzene rings is 1. The van der Waals surface area contributed by atoms with Crippen LogP contribution in [-0.2, 0) is 6.54 Å². The molecule has 1 N–H and O–H groups in total. The maximum atomic E-state index is 6.03. The molecule has 0 spiro atoms. The number of anilines is 1. The summed E-state index contributed by atoms with van der Waals surface area (Å²) in [5, 5.41) is 4.94. The maximum absolute atomic E-state index is 6.03. The smallest absolute Gasteiger partial charge is 0.225 e. The van der Waals surface area contributed by atoms with Gasteiger partial charge in [-0.15, -0.1) is 12.4 Å². The van der Waals surface area contributed by atoms with Crippen molar-refractivity contribution >= 4 is 41.6 Å². The van der Waals surface area contributed by atoms with Gasteiger partial charge >= 0.3 is 0 Å². The van der Waals surface area contributed by atoms with Crippen molar-refractivity contribution in [2.24, 2.45) is 0 Å². The van der Waals surface area contributed by atoms with Crippen molar-refractivity contribution in [2.75, 3.05) is 18.0 Å². The molecule has 2 aromatic rings. The number of piperidine rings is 1. The summed E-state index contributed by atoms with van der Waals surface area (Å²) in [6, 6.07) is 8.00. The van der Waals surface area contributed by atoms with Crippen molar-refractivity contribution in [2.45, 2.75) is 25.4 Å². The van der Waals surface area contributed by atoms with Crippen molar-refractivity contribution in [3.05, 3.63) is 52.3 Å². The summed E-state index contributed by atoms with van der Waals surface area (Å²) < 4.78 is 0. The minimum absolute atomic E-state index is 0. The molecule has 1 aliphatic rings. The van der Waals surface area contributed by atoms with E-state index in [2.05, 4.69) is 20.2 Å². The molecule has 0 atom stereocenters. The van der Waals surface area contributed by atoms with Crippen molar-refractivity contribution in [3.8, 4) is 0 Å². The van der Waals surface area contributed by atoms with Gasteiger partial charge in [-0.05, 0) is 42.7 Å². The molecule has 7 heteroatoms. The SMILES string of the molecule is Cl.Clc1cc(Cl)cc(CNC2CCN(c3ncccn3)CC2)c1. The fourth-order valence-electron chi connectivity index (χ4n) is 2.71. The minimum atomic E-state index is 0. The summed E-state index contributed by atoms with van der Waals surface area (Å²) >= 11 is 12.1. The van der Waals surface area contributed by atoms with Crippen LogP contribution < -0.4 is 10.2 Å². The molecule has 4 nitrogen and oxygen atoms in total. The third kappa shape index (κ3) is 5.21. The normalized spacial score (nSPS) is 15.3. The molecular weight excluding hydrogens is 355 g/mol. The second-order valence-corrected chi connectivity index (χ2v) is 6.34. The van der Waals surface area contributed by atoms with E-state index < -0.39 is 0 Å². The Morgan fingerprint density at radius 2 is 1.65 bits per heavy atom. The maximum Gasteiger partial charge on any atom is 0.225 e. The average Bonchev–Trinajstić information content (AvgIpc) is 2.53. The lowest BCUT2D eigenvalue weighted by atomic mass is 10.0. The van der Waals surface area contributed by atoms with Gasteiger partial charge in [0.1, 0.15) is 0 Å². The van der Waals surface area contributed by atoms with Crippen molar-refractivity contribution in [3.63, 3.8) is 0 Å². The third-order valence-corrected chi connectivity index (χ3v) is 4.28. The highest BCUT2D eigenvalue weighted by atomic mass is 35.5. The Bertz CT molecular complexity index is 596. The highest BCUT2D eigenvalue weighted by Gasteiger charge is 2.20. The van der Waals surface area contributed by atoms with E-state index in [4.69, 9.17) is 23.2 Å². The van der Waals surface area contributed by atoms with Gasteiger partial charge in [0.15, 0.2) is 0 Å². The van der Waals surface area contributed by atoms with Crippen molar-refractivity contribution < 1.29 is 0 Å². The predicted molar refractivity (Wildman–Crippen MR) is 97.8 cm³/mol. The lowest BCUT2D eigenvalue weighted by Gasteiger charge is -2.32. The molecule has 0 amide bonds. The third-order valence-electron chi connectivity index (χ3n) is 3.85. The van der Waals surface area contributed by atoms with Crippen LogP contribution >= 0.6 is 35.6 Å². The topological polar surface area (TPSA) is 41.0 Å². The second-order valence-electron chi connectivity index (χ2n) is 5.47. The van der Waals surface area contributed by atoms with Gasteiger partial charge in [0.25, 0.3) is 0 Å². The molecule has 0 saturated carbocycles. The summed E-state index contributed by atoms with van der Waals surface area (Å²) in [4.78, 5) is 10.8. The minimum Gasteiger partial charge on any atom is -0.341 e. The van der Waals surface area contributed by atoms with E-state index in [-0.39, 0.29) is 12.4 Å². The van der Waals surface area contributed by atoms with Gasteiger partial charge in [0.05, 0.1) is 0 Å². The molecular formula is C16H19Cl3N4. The number of hydrogen-bond donors (Lipinski definition) is 1. The zero-order chi connectivity index (χ0) is 15.4. The van der Waals surface area contributed by atoms with Crippen LogP contribution in [0.15, 0.2) is 36.7 Å². The van der Waals surface area contributed by atoms with Crippen LogP contribution in [0.5, 0.6) is 0 Å². The predicted octanol–water partition coefficient (Wildman–Crippen LogP) is 3.96. The Balaban J connectivity index is 0.00000192. The molecule has 0 bridgehead atoms. The molecule has 0 radical (unpaired) electrons. The number of halogens is 3. The standard InChI is InChI=1S/C16H18Cl2N4.ClH/c17-13-8-12(9-14(18)10-13)11-21-15-2-6-22(7-3-15)16-19-4-1-5-20-16;/h1,4-5,8-10,15,21H,2-3,6-7,11H2;1H. The van der Waals surface area contributed by atoms with Crippen molar-refractivity contribution in [1.82, 2.24) is 15.3 Å². The van der Waals surface area contributed by atoms with E-state index in [0.29, 0.717) is 16.1 Å². The summed E-state index contributed by atoms with van der Waals surface area (Å²) in [5.41, 5.74) is 1.12. The Kier molecular flexibility index (Phi) is 6.90. The van der Waals surface area contributed by atoms with Gasteiger partial charge in [-0.25, -0.2) is 9.97 Å². The van der Waals surface area contributed by atoms with E-state index in [1.54, 1.807) is 18.5 Å². The first-order valence-corrected chi connectivity index (χ1v) is 8.16. The van der Waals surface area contributed by atoms with Gasteiger partial charge in [-0.2, -0.15) is 0 Å². The molecule has 1 aromatic heterocycles. The van der Waals surface area contributed by atoms with E-state index in [1.165, 1.54) is 0 Å². The molecule has 3 rings (SSSR count). The van der Waals surface area contributed by atoms with Gasteiger partial charge in [0, 0.05) is 48.1 Å². The number of hydrogen-bond acceptors (Lipinski definition) is 4. The molecule has 23 heavy (non-hydrogen) atoms. The van der Waals surface area contributed by atoms with Crippen LogP contribution in [0.2, 0.25) is 10.0 Å². The molecule has 1 saturated heterocycles. The van der Waals surface area contributed by atoms with E-state index in [0.717, 1.165) is 44.0 Å². The van der Waals surface area contributed by atoms with Gasteiger partial charge in [-0.3, -0.25) is 0 Å². The van der Waals surface area contributed by atoms with Crippen LogP contribution in [0.3, 0.4) is 0 Å². The highest BCUT2D eigenvalue weighted by Crippen LogP contribution is 2.20. The van der Waals surface area contributed by atoms with E-state index in [1.807, 2.05) is 18.2 Å². The summed E-state index contributed by atoms with van der Waals surface area (Å²) in [6.45, 7) is 2.72. The molecule has 2 heterocycles. The van der Waals surface area contributed by atoms with Crippen LogP contribution in [0.4, 0.5) is 5.95 Å². The summed E-state index contributed by atoms with van der Waals surface area (Å²) in [5.74, 6) is 0.822. The summed E-state index contributed by atoms with van der Waals surface area (Å²) in [6.07, 6.45) is 5.73. The fourth-order valence-corrected chi connectivity index (χ4v) is 3.28. The summed E-state index contributed by atoms with van der Waals surface area (Å²) in [7, 11) is 0. The lowest BCUT2D eigenvalue weighted by Crippen LogP contribution is -2.42. The monoisotopic (exact) mass is 372 g/mol. The zero-order valence-corrected chi connectivity index (χ0v) is 14.9. The van der Waals surface area contributed by atoms with Gasteiger partial charge < -0.3 is 10.2 Å².